The average Bonchev–Trinajstić information content (AvgIpc) is 3.02. The van der Waals surface area contributed by atoms with E-state index in [1.165, 1.54) is 48.4 Å². The number of rotatable bonds is 8. The zero-order chi connectivity index (χ0) is 26.8. The molecule has 1 atom stereocenters. The first kappa shape index (κ1) is 26.3. The number of carbonyl (C=O) groups excluding carboxylic acids is 2. The Hall–Kier alpha value is -3.78. The van der Waals surface area contributed by atoms with Crippen LogP contribution in [0.25, 0.3) is 0 Å². The number of amides is 3. The molecule has 1 fully saturated rings. The lowest BCUT2D eigenvalue weighted by molar-refractivity contribution is -0.119. The fraction of sp³-hybridized carbons (Fsp3) is 0.174. The third-order valence-corrected chi connectivity index (χ3v) is 6.97. The van der Waals surface area contributed by atoms with Gasteiger partial charge in [-0.15, -0.1) is 0 Å². The number of nitrogens with zero attached hydrogens (tertiary/aromatic N) is 3. The van der Waals surface area contributed by atoms with E-state index in [0.717, 1.165) is 4.90 Å². The van der Waals surface area contributed by atoms with E-state index < -0.39 is 33.7 Å². The van der Waals surface area contributed by atoms with E-state index in [1.54, 1.807) is 36.4 Å². The van der Waals surface area contributed by atoms with E-state index in [-0.39, 0.29) is 34.7 Å². The van der Waals surface area contributed by atoms with Gasteiger partial charge in [0, 0.05) is 17.6 Å². The summed E-state index contributed by atoms with van der Waals surface area (Å²) in [5, 5.41) is 0. The summed E-state index contributed by atoms with van der Waals surface area (Å²) in [5.41, 5.74) is -3.46. The predicted molar refractivity (Wildman–Crippen MR) is 133 cm³/mol. The fourth-order valence-electron chi connectivity index (χ4n) is 3.60. The maximum absolute atomic E-state index is 13.1. The Morgan fingerprint density at radius 1 is 1.00 bits per heavy atom. The van der Waals surface area contributed by atoms with Crippen LogP contribution >= 0.6 is 11.8 Å². The van der Waals surface area contributed by atoms with Crippen LogP contribution in [0.15, 0.2) is 77.8 Å². The number of nitrogens with one attached hydrogen (secondary N) is 2. The summed E-state index contributed by atoms with van der Waals surface area (Å²) in [6, 6.07) is 14.7. The number of carbonyl (C=O) groups is 2. The molecule has 4 rings (SSSR count). The number of benzene rings is 2. The minimum absolute atomic E-state index is 0.00108. The van der Waals surface area contributed by atoms with E-state index in [1.807, 2.05) is 0 Å². The molecule has 0 bridgehead atoms. The molecule has 1 saturated heterocycles. The van der Waals surface area contributed by atoms with Gasteiger partial charge in [-0.05, 0) is 72.8 Å². The minimum atomic E-state index is -4.46. The van der Waals surface area contributed by atoms with Crippen molar-refractivity contribution in [3.05, 3.63) is 78.5 Å². The van der Waals surface area contributed by atoms with Crippen molar-refractivity contribution in [2.24, 2.45) is 0 Å². The highest BCUT2D eigenvalue weighted by atomic mass is 32.2. The Labute approximate surface area is 214 Å². The highest BCUT2D eigenvalue weighted by molar-refractivity contribution is 8.00. The van der Waals surface area contributed by atoms with Gasteiger partial charge in [0.1, 0.15) is 11.9 Å². The summed E-state index contributed by atoms with van der Waals surface area (Å²) in [5.74, 6) is -0.538. The molecule has 9 nitrogen and oxygen atoms in total. The lowest BCUT2D eigenvalue weighted by Crippen LogP contribution is -2.33. The van der Waals surface area contributed by atoms with Crippen LogP contribution in [-0.2, 0) is 21.5 Å². The van der Waals surface area contributed by atoms with Crippen LogP contribution in [0.5, 0.6) is 0 Å². The molecular formula is C23H20F3N5O4S2. The lowest BCUT2D eigenvalue weighted by Gasteiger charge is -2.20. The van der Waals surface area contributed by atoms with Crippen molar-refractivity contribution in [3.63, 3.8) is 0 Å². The van der Waals surface area contributed by atoms with Crippen LogP contribution in [0, 0.1) is 0 Å². The standard InChI is InChI=1S/C23H20F3N5O4S2/c1-15-21(32)31(18-7-9-19(10-8-18)36-23(24,25)26)22(33)30(15)14-16-11-12-27-20(13-16)29-37(34,35)28-17-5-3-2-4-6-17/h2-13,15,28H,14H2,1H3,(H,27,29). The van der Waals surface area contributed by atoms with Crippen molar-refractivity contribution in [3.8, 4) is 0 Å². The number of hydrogen-bond donors (Lipinski definition) is 2. The highest BCUT2D eigenvalue weighted by Gasteiger charge is 2.43. The van der Waals surface area contributed by atoms with Crippen molar-refractivity contribution in [2.45, 2.75) is 29.9 Å². The molecule has 0 radical (unpaired) electrons. The van der Waals surface area contributed by atoms with Gasteiger partial charge < -0.3 is 4.90 Å². The number of alkyl halides is 3. The van der Waals surface area contributed by atoms with Crippen LogP contribution < -0.4 is 14.3 Å². The number of urea groups is 1. The van der Waals surface area contributed by atoms with Crippen LogP contribution in [0.4, 0.5) is 35.2 Å². The smallest absolute Gasteiger partial charge is 0.308 e. The van der Waals surface area contributed by atoms with Crippen molar-refractivity contribution < 1.29 is 31.2 Å². The molecule has 2 aromatic carbocycles. The summed E-state index contributed by atoms with van der Waals surface area (Å²) in [7, 11) is -4.00. The Morgan fingerprint density at radius 3 is 2.32 bits per heavy atom. The number of pyridine rings is 1. The summed E-state index contributed by atoms with van der Waals surface area (Å²) in [4.78, 5) is 32.0. The molecule has 0 saturated carbocycles. The Balaban J connectivity index is 1.47. The predicted octanol–water partition coefficient (Wildman–Crippen LogP) is 4.82. The maximum Gasteiger partial charge on any atom is 0.446 e. The van der Waals surface area contributed by atoms with Crippen molar-refractivity contribution in [1.29, 1.82) is 0 Å². The molecule has 1 unspecified atom stereocenters. The fourth-order valence-corrected chi connectivity index (χ4v) is 5.02. The van der Waals surface area contributed by atoms with Gasteiger partial charge in [0.15, 0.2) is 0 Å². The third kappa shape index (κ3) is 6.51. The lowest BCUT2D eigenvalue weighted by atomic mass is 10.2. The van der Waals surface area contributed by atoms with Gasteiger partial charge in [0.2, 0.25) is 0 Å². The second kappa shape index (κ2) is 10.3. The van der Waals surface area contributed by atoms with Gasteiger partial charge in [-0.2, -0.15) is 21.6 Å². The SMILES string of the molecule is CC1C(=O)N(c2ccc(SC(F)(F)F)cc2)C(=O)N1Cc1ccnc(NS(=O)(=O)Nc2ccccc2)c1. The molecule has 14 heteroatoms. The molecule has 37 heavy (non-hydrogen) atoms. The number of imide groups is 1. The van der Waals surface area contributed by atoms with Crippen LogP contribution in [-0.4, -0.2) is 41.8 Å². The maximum atomic E-state index is 13.1. The summed E-state index contributed by atoms with van der Waals surface area (Å²) in [6.45, 7) is 1.50. The van der Waals surface area contributed by atoms with E-state index in [9.17, 15) is 31.2 Å². The molecule has 2 N–H and O–H groups in total. The van der Waals surface area contributed by atoms with Crippen molar-refractivity contribution in [2.75, 3.05) is 14.3 Å². The first-order valence-electron chi connectivity index (χ1n) is 10.7. The summed E-state index contributed by atoms with van der Waals surface area (Å²) in [6.07, 6.45) is 1.36. The van der Waals surface area contributed by atoms with Crippen LogP contribution in [0.3, 0.4) is 0 Å². The van der Waals surface area contributed by atoms with E-state index in [2.05, 4.69) is 14.4 Å². The van der Waals surface area contributed by atoms with Crippen LogP contribution in [0.1, 0.15) is 12.5 Å². The third-order valence-electron chi connectivity index (χ3n) is 5.25. The Bertz CT molecular complexity index is 1400. The molecular weight excluding hydrogens is 531 g/mol. The first-order chi connectivity index (χ1) is 17.4. The largest absolute Gasteiger partial charge is 0.446 e. The summed E-state index contributed by atoms with van der Waals surface area (Å²) < 4.78 is 67.3. The van der Waals surface area contributed by atoms with E-state index >= 15 is 0 Å². The molecule has 194 valence electrons. The van der Waals surface area contributed by atoms with Gasteiger partial charge in [-0.1, -0.05) is 18.2 Å². The van der Waals surface area contributed by atoms with Crippen molar-refractivity contribution in [1.82, 2.24) is 9.88 Å². The summed E-state index contributed by atoms with van der Waals surface area (Å²) >= 11 is -0.296. The molecule has 1 aromatic heterocycles. The molecule has 1 aliphatic heterocycles. The van der Waals surface area contributed by atoms with Crippen LogP contribution in [0.2, 0.25) is 0 Å². The quantitative estimate of drug-likeness (QED) is 0.307. The first-order valence-corrected chi connectivity index (χ1v) is 13.0. The van der Waals surface area contributed by atoms with Gasteiger partial charge in [-0.25, -0.2) is 14.7 Å². The van der Waals surface area contributed by atoms with Gasteiger partial charge in [-0.3, -0.25) is 14.2 Å². The number of aromatic nitrogens is 1. The average molecular weight is 552 g/mol. The Kier molecular flexibility index (Phi) is 7.32. The molecule has 0 aliphatic carbocycles. The van der Waals surface area contributed by atoms with Gasteiger partial charge in [0.05, 0.1) is 11.4 Å². The zero-order valence-electron chi connectivity index (χ0n) is 19.1. The van der Waals surface area contributed by atoms with E-state index in [4.69, 9.17) is 0 Å². The van der Waals surface area contributed by atoms with Crippen molar-refractivity contribution >= 4 is 51.1 Å². The number of para-hydroxylation sites is 1. The molecule has 3 amide bonds. The molecule has 2 heterocycles. The topological polar surface area (TPSA) is 112 Å². The molecule has 0 spiro atoms. The van der Waals surface area contributed by atoms with E-state index in [0.29, 0.717) is 11.3 Å². The number of thioether (sulfide) groups is 1. The normalized spacial score (nSPS) is 16.3. The second-order valence-corrected chi connectivity index (χ2v) is 10.5. The van der Waals surface area contributed by atoms with Gasteiger partial charge in [0.25, 0.3) is 5.91 Å². The Morgan fingerprint density at radius 2 is 1.68 bits per heavy atom. The zero-order valence-corrected chi connectivity index (χ0v) is 20.8. The molecule has 1 aliphatic rings. The number of hydrogen-bond acceptors (Lipinski definition) is 6. The molecule has 3 aromatic rings. The monoisotopic (exact) mass is 551 g/mol. The number of anilines is 3. The highest BCUT2D eigenvalue weighted by Crippen LogP contribution is 2.38. The minimum Gasteiger partial charge on any atom is -0.308 e. The second-order valence-electron chi connectivity index (χ2n) is 7.92. The number of halogens is 3. The van der Waals surface area contributed by atoms with Gasteiger partial charge >= 0.3 is 21.7 Å².